The van der Waals surface area contributed by atoms with E-state index in [0.29, 0.717) is 5.95 Å². The van der Waals surface area contributed by atoms with Crippen LogP contribution in [0.2, 0.25) is 0 Å². The minimum Gasteiger partial charge on any atom is -0.354 e. The Hall–Kier alpha value is -1.66. The van der Waals surface area contributed by atoms with Crippen LogP contribution < -0.4 is 10.6 Å². The van der Waals surface area contributed by atoms with E-state index in [1.807, 2.05) is 25.1 Å². The van der Waals surface area contributed by atoms with Gasteiger partial charge in [-0.2, -0.15) is 4.98 Å². The van der Waals surface area contributed by atoms with Crippen molar-refractivity contribution in [2.75, 3.05) is 37.8 Å². The van der Waals surface area contributed by atoms with E-state index < -0.39 is 0 Å². The second kappa shape index (κ2) is 8.26. The molecule has 2 rings (SSSR count). The average Bonchev–Trinajstić information content (AvgIpc) is 2.47. The van der Waals surface area contributed by atoms with Gasteiger partial charge in [-0.1, -0.05) is 15.9 Å². The van der Waals surface area contributed by atoms with E-state index >= 15 is 0 Å². The van der Waals surface area contributed by atoms with Crippen LogP contribution in [0.5, 0.6) is 0 Å². The summed E-state index contributed by atoms with van der Waals surface area (Å²) in [7, 11) is 4.15. The third-order valence-electron chi connectivity index (χ3n) is 3.35. The monoisotopic (exact) mass is 377 g/mol. The molecule has 0 aliphatic rings. The van der Waals surface area contributed by atoms with E-state index in [1.165, 1.54) is 5.56 Å². The van der Waals surface area contributed by atoms with Crippen molar-refractivity contribution < 1.29 is 0 Å². The fourth-order valence-electron chi connectivity index (χ4n) is 2.18. The highest BCUT2D eigenvalue weighted by atomic mass is 79.9. The van der Waals surface area contributed by atoms with Gasteiger partial charge in [0.15, 0.2) is 0 Å². The van der Waals surface area contributed by atoms with Crippen molar-refractivity contribution in [3.8, 4) is 0 Å². The number of hydrogen-bond donors (Lipinski definition) is 2. The SMILES string of the molecule is Cc1cc(Nc2ccc(Br)c(C)c2)nc(NCCCN(C)C)n1. The van der Waals surface area contributed by atoms with E-state index in [2.05, 4.69) is 68.5 Å². The molecule has 0 aliphatic carbocycles. The topological polar surface area (TPSA) is 53.1 Å². The summed E-state index contributed by atoms with van der Waals surface area (Å²) in [5.41, 5.74) is 3.14. The van der Waals surface area contributed by atoms with Crippen molar-refractivity contribution >= 4 is 33.4 Å². The van der Waals surface area contributed by atoms with Gasteiger partial charge >= 0.3 is 0 Å². The Bertz CT molecular complexity index is 657. The molecule has 0 aliphatic heterocycles. The van der Waals surface area contributed by atoms with Crippen LogP contribution in [-0.2, 0) is 0 Å². The van der Waals surface area contributed by atoms with Crippen LogP contribution in [0.3, 0.4) is 0 Å². The van der Waals surface area contributed by atoms with Gasteiger partial charge in [0.2, 0.25) is 5.95 Å². The Kier molecular flexibility index (Phi) is 6.36. The van der Waals surface area contributed by atoms with E-state index in [9.17, 15) is 0 Å². The van der Waals surface area contributed by atoms with Gasteiger partial charge in [-0.05, 0) is 64.7 Å². The van der Waals surface area contributed by atoms with E-state index in [1.54, 1.807) is 0 Å². The van der Waals surface area contributed by atoms with Crippen LogP contribution in [0.1, 0.15) is 17.7 Å². The van der Waals surface area contributed by atoms with Crippen molar-refractivity contribution in [1.82, 2.24) is 14.9 Å². The largest absolute Gasteiger partial charge is 0.354 e. The molecule has 0 saturated heterocycles. The average molecular weight is 378 g/mol. The highest BCUT2D eigenvalue weighted by Crippen LogP contribution is 2.23. The fraction of sp³-hybridized carbons (Fsp3) is 0.412. The Morgan fingerprint density at radius 1 is 1.13 bits per heavy atom. The maximum atomic E-state index is 4.54. The predicted molar refractivity (Wildman–Crippen MR) is 101 cm³/mol. The van der Waals surface area contributed by atoms with Gasteiger partial charge in [-0.25, -0.2) is 4.98 Å². The molecule has 0 spiro atoms. The molecule has 0 unspecified atom stereocenters. The summed E-state index contributed by atoms with van der Waals surface area (Å²) in [6.07, 6.45) is 1.05. The summed E-state index contributed by atoms with van der Waals surface area (Å²) in [6, 6.07) is 8.10. The number of aryl methyl sites for hydroxylation is 2. The zero-order valence-corrected chi connectivity index (χ0v) is 15.7. The number of anilines is 3. The van der Waals surface area contributed by atoms with E-state index in [0.717, 1.165) is 41.2 Å². The fourth-order valence-corrected chi connectivity index (χ4v) is 2.42. The summed E-state index contributed by atoms with van der Waals surface area (Å²) < 4.78 is 1.10. The maximum absolute atomic E-state index is 4.54. The van der Waals surface area contributed by atoms with Gasteiger partial charge in [0, 0.05) is 28.5 Å². The molecule has 0 saturated carbocycles. The Balaban J connectivity index is 2.03. The molecule has 23 heavy (non-hydrogen) atoms. The zero-order valence-electron chi connectivity index (χ0n) is 14.2. The van der Waals surface area contributed by atoms with Crippen LogP contribution >= 0.6 is 15.9 Å². The first-order valence-electron chi connectivity index (χ1n) is 7.71. The molecular weight excluding hydrogens is 354 g/mol. The zero-order chi connectivity index (χ0) is 16.8. The molecule has 0 atom stereocenters. The lowest BCUT2D eigenvalue weighted by Gasteiger charge is -2.12. The lowest BCUT2D eigenvalue weighted by atomic mass is 10.2. The predicted octanol–water partition coefficient (Wildman–Crippen LogP) is 3.96. The minimum absolute atomic E-state index is 0.667. The summed E-state index contributed by atoms with van der Waals surface area (Å²) in [4.78, 5) is 11.1. The summed E-state index contributed by atoms with van der Waals surface area (Å²) >= 11 is 3.52. The molecule has 1 aromatic heterocycles. The summed E-state index contributed by atoms with van der Waals surface area (Å²) in [6.45, 7) is 5.95. The summed E-state index contributed by atoms with van der Waals surface area (Å²) in [5.74, 6) is 1.47. The van der Waals surface area contributed by atoms with Crippen LogP contribution in [0, 0.1) is 13.8 Å². The molecule has 2 N–H and O–H groups in total. The number of benzene rings is 1. The van der Waals surface area contributed by atoms with Crippen LogP contribution in [0.4, 0.5) is 17.5 Å². The molecule has 124 valence electrons. The molecule has 5 nitrogen and oxygen atoms in total. The van der Waals surface area contributed by atoms with Gasteiger partial charge < -0.3 is 15.5 Å². The molecule has 1 heterocycles. The molecule has 0 amide bonds. The van der Waals surface area contributed by atoms with Crippen molar-refractivity contribution in [2.24, 2.45) is 0 Å². The third-order valence-corrected chi connectivity index (χ3v) is 4.24. The lowest BCUT2D eigenvalue weighted by molar-refractivity contribution is 0.405. The molecule has 6 heteroatoms. The van der Waals surface area contributed by atoms with E-state index in [-0.39, 0.29) is 0 Å². The second-order valence-electron chi connectivity index (χ2n) is 5.89. The van der Waals surface area contributed by atoms with Crippen LogP contribution in [-0.4, -0.2) is 42.1 Å². The quantitative estimate of drug-likeness (QED) is 0.715. The third kappa shape index (κ3) is 5.80. The van der Waals surface area contributed by atoms with Crippen molar-refractivity contribution in [2.45, 2.75) is 20.3 Å². The number of halogens is 1. The van der Waals surface area contributed by atoms with Crippen LogP contribution in [0.25, 0.3) is 0 Å². The molecule has 1 aromatic carbocycles. The van der Waals surface area contributed by atoms with Crippen molar-refractivity contribution in [3.05, 3.63) is 40.0 Å². The molecule has 0 radical (unpaired) electrons. The smallest absolute Gasteiger partial charge is 0.224 e. The molecular formula is C17H24BrN5. The number of hydrogen-bond acceptors (Lipinski definition) is 5. The van der Waals surface area contributed by atoms with Gasteiger partial charge in [-0.3, -0.25) is 0 Å². The van der Waals surface area contributed by atoms with Crippen LogP contribution in [0.15, 0.2) is 28.7 Å². The second-order valence-corrected chi connectivity index (χ2v) is 6.75. The normalized spacial score (nSPS) is 10.9. The molecule has 0 bridgehead atoms. The maximum Gasteiger partial charge on any atom is 0.224 e. The molecule has 0 fully saturated rings. The number of aromatic nitrogens is 2. The first kappa shape index (κ1) is 17.7. The Labute approximate surface area is 146 Å². The van der Waals surface area contributed by atoms with Crippen molar-refractivity contribution in [3.63, 3.8) is 0 Å². The van der Waals surface area contributed by atoms with Crippen molar-refractivity contribution in [1.29, 1.82) is 0 Å². The van der Waals surface area contributed by atoms with Gasteiger partial charge in [-0.15, -0.1) is 0 Å². The number of nitrogens with zero attached hydrogens (tertiary/aromatic N) is 3. The Morgan fingerprint density at radius 2 is 1.91 bits per heavy atom. The van der Waals surface area contributed by atoms with Gasteiger partial charge in [0.25, 0.3) is 0 Å². The van der Waals surface area contributed by atoms with Gasteiger partial charge in [0.1, 0.15) is 5.82 Å². The highest BCUT2D eigenvalue weighted by Gasteiger charge is 2.04. The van der Waals surface area contributed by atoms with Gasteiger partial charge in [0.05, 0.1) is 0 Å². The molecule has 2 aromatic rings. The minimum atomic E-state index is 0.667. The standard InChI is InChI=1S/C17H24BrN5/c1-12-10-14(6-7-15(12)18)21-16-11-13(2)20-17(22-16)19-8-5-9-23(3)4/h6-7,10-11H,5,8-9H2,1-4H3,(H2,19,20,21,22). The Morgan fingerprint density at radius 3 is 2.61 bits per heavy atom. The van der Waals surface area contributed by atoms with E-state index in [4.69, 9.17) is 0 Å². The number of nitrogens with one attached hydrogen (secondary N) is 2. The first-order chi connectivity index (χ1) is 10.9. The summed E-state index contributed by atoms with van der Waals surface area (Å²) in [5, 5.41) is 6.63. The number of rotatable bonds is 7. The first-order valence-corrected chi connectivity index (χ1v) is 8.51. The lowest BCUT2D eigenvalue weighted by Crippen LogP contribution is -2.17. The highest BCUT2D eigenvalue weighted by molar-refractivity contribution is 9.10.